The van der Waals surface area contributed by atoms with E-state index in [9.17, 15) is 8.42 Å². The average molecular weight is 291 g/mol. The van der Waals surface area contributed by atoms with E-state index in [0.717, 1.165) is 38.9 Å². The van der Waals surface area contributed by atoms with Crippen LogP contribution in [0.15, 0.2) is 0 Å². The molecule has 1 aliphatic rings. The van der Waals surface area contributed by atoms with Crippen LogP contribution in [0.3, 0.4) is 0 Å². The Kier molecular flexibility index (Phi) is 7.28. The molecule has 1 heterocycles. The Hall–Kier alpha value is -0.170. The standard InChI is InChI=1S/C13H29N3O2S/c1-4-7-14-9-12(2)19(17,18)15-10-13-6-5-8-16(3)11-13/h12-15H,4-11H2,1-3H3. The lowest BCUT2D eigenvalue weighted by Crippen LogP contribution is -2.43. The number of sulfonamides is 1. The van der Waals surface area contributed by atoms with E-state index in [0.29, 0.717) is 19.0 Å². The lowest BCUT2D eigenvalue weighted by Gasteiger charge is -2.30. The van der Waals surface area contributed by atoms with Crippen LogP contribution in [0.5, 0.6) is 0 Å². The van der Waals surface area contributed by atoms with Crippen molar-refractivity contribution in [1.82, 2.24) is 14.9 Å². The third-order valence-electron chi connectivity index (χ3n) is 3.68. The summed E-state index contributed by atoms with van der Waals surface area (Å²) in [6, 6.07) is 0. The van der Waals surface area contributed by atoms with Gasteiger partial charge in [-0.15, -0.1) is 0 Å². The van der Waals surface area contributed by atoms with Crippen molar-refractivity contribution in [2.75, 3.05) is 39.8 Å². The molecule has 5 nitrogen and oxygen atoms in total. The highest BCUT2D eigenvalue weighted by Gasteiger charge is 2.23. The highest BCUT2D eigenvalue weighted by Crippen LogP contribution is 2.14. The van der Waals surface area contributed by atoms with Gasteiger partial charge in [0.2, 0.25) is 10.0 Å². The highest BCUT2D eigenvalue weighted by atomic mass is 32.2. The van der Waals surface area contributed by atoms with E-state index in [2.05, 4.69) is 28.9 Å². The largest absolute Gasteiger partial charge is 0.315 e. The van der Waals surface area contributed by atoms with Gasteiger partial charge in [-0.05, 0) is 52.2 Å². The first-order chi connectivity index (χ1) is 8.95. The van der Waals surface area contributed by atoms with Gasteiger partial charge in [0, 0.05) is 19.6 Å². The molecule has 0 aliphatic carbocycles. The fourth-order valence-electron chi connectivity index (χ4n) is 2.41. The van der Waals surface area contributed by atoms with Gasteiger partial charge in [-0.1, -0.05) is 6.92 Å². The van der Waals surface area contributed by atoms with Gasteiger partial charge < -0.3 is 10.2 Å². The zero-order valence-electron chi connectivity index (χ0n) is 12.5. The van der Waals surface area contributed by atoms with Crippen LogP contribution in [0.2, 0.25) is 0 Å². The first-order valence-electron chi connectivity index (χ1n) is 7.33. The summed E-state index contributed by atoms with van der Waals surface area (Å²) in [4.78, 5) is 2.27. The van der Waals surface area contributed by atoms with Gasteiger partial charge in [-0.25, -0.2) is 13.1 Å². The Morgan fingerprint density at radius 3 is 2.79 bits per heavy atom. The second kappa shape index (κ2) is 8.19. The van der Waals surface area contributed by atoms with Crippen LogP contribution in [0.1, 0.15) is 33.1 Å². The molecule has 0 saturated carbocycles. The summed E-state index contributed by atoms with van der Waals surface area (Å²) in [5, 5.41) is 2.78. The van der Waals surface area contributed by atoms with Crippen LogP contribution in [0.25, 0.3) is 0 Å². The van der Waals surface area contributed by atoms with E-state index in [4.69, 9.17) is 0 Å². The zero-order chi connectivity index (χ0) is 14.3. The highest BCUT2D eigenvalue weighted by molar-refractivity contribution is 7.90. The zero-order valence-corrected chi connectivity index (χ0v) is 13.3. The molecule has 6 heteroatoms. The van der Waals surface area contributed by atoms with Crippen molar-refractivity contribution in [2.24, 2.45) is 5.92 Å². The second-order valence-electron chi connectivity index (χ2n) is 5.68. The number of piperidine rings is 1. The molecule has 2 N–H and O–H groups in total. The summed E-state index contributed by atoms with van der Waals surface area (Å²) in [6.45, 7) is 7.92. The average Bonchev–Trinajstić information content (AvgIpc) is 2.37. The van der Waals surface area contributed by atoms with Crippen molar-refractivity contribution in [1.29, 1.82) is 0 Å². The Labute approximate surface area is 118 Å². The second-order valence-corrected chi connectivity index (χ2v) is 7.86. The topological polar surface area (TPSA) is 61.4 Å². The summed E-state index contributed by atoms with van der Waals surface area (Å²) in [5.41, 5.74) is 0. The van der Waals surface area contributed by atoms with E-state index in [1.807, 2.05) is 0 Å². The quantitative estimate of drug-likeness (QED) is 0.644. The minimum atomic E-state index is -3.19. The number of hydrogen-bond acceptors (Lipinski definition) is 4. The normalized spacial score (nSPS) is 23.4. The van der Waals surface area contributed by atoms with Crippen LogP contribution in [0, 0.1) is 5.92 Å². The molecule has 0 aromatic heterocycles. The predicted molar refractivity (Wildman–Crippen MR) is 79.8 cm³/mol. The molecule has 1 aliphatic heterocycles. The number of likely N-dealkylation sites (tertiary alicyclic amines) is 1. The summed E-state index contributed by atoms with van der Waals surface area (Å²) >= 11 is 0. The number of hydrogen-bond donors (Lipinski definition) is 2. The van der Waals surface area contributed by atoms with E-state index in [1.165, 1.54) is 0 Å². The van der Waals surface area contributed by atoms with Crippen molar-refractivity contribution >= 4 is 10.0 Å². The van der Waals surface area contributed by atoms with Crippen molar-refractivity contribution in [3.8, 4) is 0 Å². The van der Waals surface area contributed by atoms with Crippen molar-refractivity contribution in [3.63, 3.8) is 0 Å². The molecule has 0 aromatic carbocycles. The molecule has 0 spiro atoms. The van der Waals surface area contributed by atoms with E-state index in [1.54, 1.807) is 6.92 Å². The SMILES string of the molecule is CCCNCC(C)S(=O)(=O)NCC1CCCN(C)C1. The maximum atomic E-state index is 12.1. The van der Waals surface area contributed by atoms with Gasteiger partial charge in [0.05, 0.1) is 5.25 Å². The summed E-state index contributed by atoms with van der Waals surface area (Å²) in [7, 11) is -1.09. The summed E-state index contributed by atoms with van der Waals surface area (Å²) < 4.78 is 26.9. The predicted octanol–water partition coefficient (Wildman–Crippen LogP) is 0.636. The molecule has 114 valence electrons. The van der Waals surface area contributed by atoms with Crippen LogP contribution >= 0.6 is 0 Å². The molecule has 0 aromatic rings. The Bertz CT molecular complexity index is 346. The first kappa shape index (κ1) is 16.9. The molecule has 1 rings (SSSR count). The van der Waals surface area contributed by atoms with Crippen molar-refractivity contribution < 1.29 is 8.42 Å². The molecular formula is C13H29N3O2S. The van der Waals surface area contributed by atoms with Gasteiger partial charge in [-0.3, -0.25) is 0 Å². The molecule has 0 bridgehead atoms. The fourth-order valence-corrected chi connectivity index (χ4v) is 3.50. The van der Waals surface area contributed by atoms with E-state index < -0.39 is 10.0 Å². The molecule has 1 fully saturated rings. The minimum Gasteiger partial charge on any atom is -0.315 e. The van der Waals surface area contributed by atoms with Crippen molar-refractivity contribution in [2.45, 2.75) is 38.4 Å². The Morgan fingerprint density at radius 2 is 2.16 bits per heavy atom. The van der Waals surface area contributed by atoms with Gasteiger partial charge in [-0.2, -0.15) is 0 Å². The summed E-state index contributed by atoms with van der Waals surface area (Å²) in [6.07, 6.45) is 3.31. The Morgan fingerprint density at radius 1 is 1.42 bits per heavy atom. The molecule has 2 atom stereocenters. The minimum absolute atomic E-state index is 0.375. The van der Waals surface area contributed by atoms with E-state index >= 15 is 0 Å². The fraction of sp³-hybridized carbons (Fsp3) is 1.00. The third-order valence-corrected chi connectivity index (χ3v) is 5.48. The molecule has 0 radical (unpaired) electrons. The maximum Gasteiger partial charge on any atom is 0.215 e. The van der Waals surface area contributed by atoms with Crippen LogP contribution in [-0.4, -0.2) is 58.3 Å². The number of nitrogens with zero attached hydrogens (tertiary/aromatic N) is 1. The molecular weight excluding hydrogens is 262 g/mol. The maximum absolute atomic E-state index is 12.1. The number of rotatable bonds is 8. The Balaban J connectivity index is 2.32. The van der Waals surface area contributed by atoms with Gasteiger partial charge in [0.15, 0.2) is 0 Å². The summed E-state index contributed by atoms with van der Waals surface area (Å²) in [5.74, 6) is 0.448. The van der Waals surface area contributed by atoms with Crippen LogP contribution in [0.4, 0.5) is 0 Å². The third kappa shape index (κ3) is 6.21. The van der Waals surface area contributed by atoms with Gasteiger partial charge in [0.1, 0.15) is 0 Å². The van der Waals surface area contributed by atoms with Crippen molar-refractivity contribution in [3.05, 3.63) is 0 Å². The van der Waals surface area contributed by atoms with E-state index in [-0.39, 0.29) is 5.25 Å². The molecule has 19 heavy (non-hydrogen) atoms. The lowest BCUT2D eigenvalue weighted by molar-refractivity contribution is 0.211. The number of nitrogens with one attached hydrogen (secondary N) is 2. The van der Waals surface area contributed by atoms with Crippen LogP contribution in [-0.2, 0) is 10.0 Å². The first-order valence-corrected chi connectivity index (χ1v) is 8.88. The molecule has 1 saturated heterocycles. The van der Waals surface area contributed by atoms with Gasteiger partial charge >= 0.3 is 0 Å². The van der Waals surface area contributed by atoms with Gasteiger partial charge in [0.25, 0.3) is 0 Å². The lowest BCUT2D eigenvalue weighted by atomic mass is 9.99. The molecule has 2 unspecified atom stereocenters. The van der Waals surface area contributed by atoms with Crippen LogP contribution < -0.4 is 10.0 Å². The smallest absolute Gasteiger partial charge is 0.215 e. The molecule has 0 amide bonds. The monoisotopic (exact) mass is 291 g/mol.